The number of halogens is 2. The lowest BCUT2D eigenvalue weighted by Crippen LogP contribution is -2.37. The molecule has 1 N–H and O–H groups in total. The maximum Gasteiger partial charge on any atom is 0.210 e. The quantitative estimate of drug-likeness (QED) is 0.423. The topological polar surface area (TPSA) is 44.7 Å². The molecule has 0 spiro atoms. The average Bonchev–Trinajstić information content (AvgIpc) is 2.67. The number of hydrazone groups is 1. The molecule has 2 aromatic rings. The molecule has 3 rings (SSSR count). The molecule has 1 saturated heterocycles. The number of benzene rings is 2. The summed E-state index contributed by atoms with van der Waals surface area (Å²) in [5, 5.41) is 5.42. The molecule has 0 radical (unpaired) electrons. The Kier molecular flexibility index (Phi) is 6.67. The molecule has 0 aromatic heterocycles. The largest absolute Gasteiger partial charge is 0.297 e. The lowest BCUT2D eigenvalue weighted by molar-refractivity contribution is 0.105. The highest BCUT2D eigenvalue weighted by Gasteiger charge is 2.19. The fourth-order valence-electron chi connectivity index (χ4n) is 2.95. The molecule has 6 heteroatoms. The maximum absolute atomic E-state index is 12.9. The van der Waals surface area contributed by atoms with E-state index in [0.717, 1.165) is 25.9 Å². The van der Waals surface area contributed by atoms with Gasteiger partial charge in [-0.2, -0.15) is 5.10 Å². The van der Waals surface area contributed by atoms with Crippen LogP contribution >= 0.6 is 23.2 Å². The number of hydrogen-bond acceptors (Lipinski definition) is 4. The number of carbonyl (C=O) groups excluding carboxylic acids is 1. The Balaban J connectivity index is 1.82. The summed E-state index contributed by atoms with van der Waals surface area (Å²) in [4.78, 5) is 15.2. The molecule has 0 saturated carbocycles. The summed E-state index contributed by atoms with van der Waals surface area (Å²) in [6.07, 6.45) is 3.56. The van der Waals surface area contributed by atoms with E-state index in [4.69, 9.17) is 23.2 Å². The first kappa shape index (κ1) is 18.9. The summed E-state index contributed by atoms with van der Waals surface area (Å²) in [6.45, 7) is 2.50. The first-order valence-corrected chi connectivity index (χ1v) is 9.49. The molecule has 0 unspecified atom stereocenters. The highest BCUT2D eigenvalue weighted by atomic mass is 35.5. The maximum atomic E-state index is 12.9. The van der Waals surface area contributed by atoms with Gasteiger partial charge in [0.15, 0.2) is 0 Å². The zero-order valence-corrected chi connectivity index (χ0v) is 15.9. The average molecular weight is 390 g/mol. The van der Waals surface area contributed by atoms with E-state index in [1.54, 1.807) is 18.2 Å². The second kappa shape index (κ2) is 9.17. The van der Waals surface area contributed by atoms with Gasteiger partial charge in [-0.1, -0.05) is 60.0 Å². The molecule has 26 heavy (non-hydrogen) atoms. The van der Waals surface area contributed by atoms with Crippen molar-refractivity contribution in [1.29, 1.82) is 0 Å². The van der Waals surface area contributed by atoms with Gasteiger partial charge in [0.25, 0.3) is 0 Å². The van der Waals surface area contributed by atoms with E-state index in [2.05, 4.69) is 15.4 Å². The number of anilines is 1. The van der Waals surface area contributed by atoms with Gasteiger partial charge in [0.1, 0.15) is 5.71 Å². The van der Waals surface area contributed by atoms with Crippen LogP contribution in [0.25, 0.3) is 0 Å². The summed E-state index contributed by atoms with van der Waals surface area (Å²) in [5.41, 5.74) is 4.66. The highest BCUT2D eigenvalue weighted by molar-refractivity contribution is 6.46. The molecule has 1 heterocycles. The number of piperidine rings is 1. The second-order valence-electron chi connectivity index (χ2n) is 6.33. The van der Waals surface area contributed by atoms with E-state index in [9.17, 15) is 4.79 Å². The number of rotatable bonds is 6. The van der Waals surface area contributed by atoms with E-state index < -0.39 is 0 Å². The number of Topliss-reactive ketones (excluding diaryl/α,β-unsaturated/α-hetero) is 1. The Labute approximate surface area is 163 Å². The molecule has 2 aromatic carbocycles. The Morgan fingerprint density at radius 2 is 1.77 bits per heavy atom. The van der Waals surface area contributed by atoms with Crippen LogP contribution in [-0.4, -0.2) is 36.0 Å². The number of likely N-dealkylation sites (tertiary alicyclic amines) is 1. The van der Waals surface area contributed by atoms with Crippen molar-refractivity contribution in [2.45, 2.75) is 19.3 Å². The minimum absolute atomic E-state index is 0.0752. The predicted octanol–water partition coefficient (Wildman–Crippen LogP) is 5.13. The minimum atomic E-state index is -0.0752. The van der Waals surface area contributed by atoms with E-state index in [-0.39, 0.29) is 5.78 Å². The monoisotopic (exact) mass is 389 g/mol. The number of ketones is 1. The van der Waals surface area contributed by atoms with Crippen LogP contribution in [0.4, 0.5) is 5.69 Å². The molecular weight excluding hydrogens is 369 g/mol. The predicted molar refractivity (Wildman–Crippen MR) is 109 cm³/mol. The van der Waals surface area contributed by atoms with Crippen molar-refractivity contribution in [3.05, 3.63) is 64.1 Å². The molecule has 0 atom stereocenters. The van der Waals surface area contributed by atoms with Gasteiger partial charge in [-0.3, -0.25) is 15.1 Å². The van der Waals surface area contributed by atoms with Gasteiger partial charge in [0, 0.05) is 17.1 Å². The van der Waals surface area contributed by atoms with E-state index in [0.29, 0.717) is 33.6 Å². The number of carbonyl (C=O) groups is 1. The molecule has 0 aliphatic carbocycles. The lowest BCUT2D eigenvalue weighted by atomic mass is 10.1. The second-order valence-corrected chi connectivity index (χ2v) is 7.17. The zero-order valence-electron chi connectivity index (χ0n) is 14.4. The van der Waals surface area contributed by atoms with Crippen LogP contribution in [0.15, 0.2) is 53.6 Å². The van der Waals surface area contributed by atoms with E-state index in [1.165, 1.54) is 6.42 Å². The standard InChI is InChI=1S/C20H21Cl2N3O/c21-16-9-10-18(17(22)13-16)23-24-19(14-25-11-5-2-6-12-25)20(26)15-7-3-1-4-8-15/h1,3-4,7-10,13,23H,2,5-6,11-12,14H2/b24-19-. The Hall–Kier alpha value is -1.88. The van der Waals surface area contributed by atoms with Gasteiger partial charge >= 0.3 is 0 Å². The third-order valence-corrected chi connectivity index (χ3v) is 4.91. The molecule has 0 bridgehead atoms. The van der Waals surface area contributed by atoms with Crippen molar-refractivity contribution >= 4 is 40.4 Å². The Bertz CT molecular complexity index is 787. The van der Waals surface area contributed by atoms with Crippen molar-refractivity contribution < 1.29 is 4.79 Å². The third kappa shape index (κ3) is 5.07. The molecule has 1 aliphatic heterocycles. The molecule has 1 fully saturated rings. The highest BCUT2D eigenvalue weighted by Crippen LogP contribution is 2.25. The minimum Gasteiger partial charge on any atom is -0.297 e. The van der Waals surface area contributed by atoms with Gasteiger partial charge in [-0.05, 0) is 44.1 Å². The number of hydrogen-bond donors (Lipinski definition) is 1. The smallest absolute Gasteiger partial charge is 0.210 e. The van der Waals surface area contributed by atoms with Crippen LogP contribution < -0.4 is 5.43 Å². The summed E-state index contributed by atoms with van der Waals surface area (Å²) < 4.78 is 0. The molecule has 136 valence electrons. The molecule has 4 nitrogen and oxygen atoms in total. The van der Waals surface area contributed by atoms with Crippen molar-refractivity contribution in [2.24, 2.45) is 5.10 Å². The van der Waals surface area contributed by atoms with Gasteiger partial charge in [0.05, 0.1) is 10.7 Å². The Morgan fingerprint density at radius 3 is 2.46 bits per heavy atom. The first-order valence-electron chi connectivity index (χ1n) is 8.73. The van der Waals surface area contributed by atoms with Crippen molar-refractivity contribution in [2.75, 3.05) is 25.1 Å². The first-order chi connectivity index (χ1) is 12.6. The number of nitrogens with one attached hydrogen (secondary N) is 1. The molecular formula is C20H21Cl2N3O. The fourth-order valence-corrected chi connectivity index (χ4v) is 3.40. The normalized spacial score (nSPS) is 15.7. The Morgan fingerprint density at radius 1 is 1.04 bits per heavy atom. The van der Waals surface area contributed by atoms with Crippen LogP contribution in [0.3, 0.4) is 0 Å². The summed E-state index contributed by atoms with van der Waals surface area (Å²) >= 11 is 12.1. The van der Waals surface area contributed by atoms with Crippen molar-refractivity contribution in [3.8, 4) is 0 Å². The summed E-state index contributed by atoms with van der Waals surface area (Å²) in [6, 6.07) is 14.3. The lowest BCUT2D eigenvalue weighted by Gasteiger charge is -2.26. The van der Waals surface area contributed by atoms with Crippen LogP contribution in [0, 0.1) is 0 Å². The van der Waals surface area contributed by atoms with E-state index >= 15 is 0 Å². The van der Waals surface area contributed by atoms with Crippen LogP contribution in [0.2, 0.25) is 10.0 Å². The molecule has 0 amide bonds. The van der Waals surface area contributed by atoms with Crippen molar-refractivity contribution in [1.82, 2.24) is 4.90 Å². The zero-order chi connectivity index (χ0) is 18.4. The SMILES string of the molecule is O=C(/C(CN1CCCCC1)=N\Nc1ccc(Cl)cc1Cl)c1ccccc1. The van der Waals surface area contributed by atoms with Crippen LogP contribution in [0.1, 0.15) is 29.6 Å². The molecule has 1 aliphatic rings. The van der Waals surface area contributed by atoms with Crippen LogP contribution in [-0.2, 0) is 0 Å². The fraction of sp³-hybridized carbons (Fsp3) is 0.300. The van der Waals surface area contributed by atoms with Gasteiger partial charge in [0.2, 0.25) is 5.78 Å². The van der Waals surface area contributed by atoms with Crippen LogP contribution in [0.5, 0.6) is 0 Å². The third-order valence-electron chi connectivity index (χ3n) is 4.36. The summed E-state index contributed by atoms with van der Waals surface area (Å²) in [7, 11) is 0. The van der Waals surface area contributed by atoms with Gasteiger partial charge < -0.3 is 0 Å². The van der Waals surface area contributed by atoms with Gasteiger partial charge in [-0.15, -0.1) is 0 Å². The summed E-state index contributed by atoms with van der Waals surface area (Å²) in [5.74, 6) is -0.0752. The number of nitrogens with zero attached hydrogens (tertiary/aromatic N) is 2. The van der Waals surface area contributed by atoms with Crippen molar-refractivity contribution in [3.63, 3.8) is 0 Å². The van der Waals surface area contributed by atoms with E-state index in [1.807, 2.05) is 30.3 Å². The van der Waals surface area contributed by atoms with Gasteiger partial charge in [-0.25, -0.2) is 0 Å².